The summed E-state index contributed by atoms with van der Waals surface area (Å²) < 4.78 is 16.2. The van der Waals surface area contributed by atoms with E-state index in [9.17, 15) is 14.7 Å². The number of allylic oxidation sites excluding steroid dienone is 1. The molecule has 2 aliphatic carbocycles. The molecule has 1 N–H and O–H groups in total. The fourth-order valence-corrected chi connectivity index (χ4v) is 4.84. The molecule has 0 aromatic carbocycles. The molecule has 0 aromatic heterocycles. The van der Waals surface area contributed by atoms with E-state index in [1.807, 2.05) is 0 Å². The van der Waals surface area contributed by atoms with Gasteiger partial charge in [-0.2, -0.15) is 0 Å². The number of ether oxygens (including phenoxy) is 3. The Hall–Kier alpha value is -1.92. The second-order valence-electron chi connectivity index (χ2n) is 7.86. The molecule has 4 aliphatic rings. The first kappa shape index (κ1) is 17.5. The Labute approximate surface area is 152 Å². The van der Waals surface area contributed by atoms with Crippen molar-refractivity contribution in [1.29, 1.82) is 0 Å². The summed E-state index contributed by atoms with van der Waals surface area (Å²) in [4.78, 5) is 24.0. The highest BCUT2D eigenvalue weighted by Gasteiger charge is 2.61. The molecule has 4 rings (SSSR count). The van der Waals surface area contributed by atoms with Gasteiger partial charge in [-0.1, -0.05) is 24.3 Å². The van der Waals surface area contributed by atoms with Crippen LogP contribution in [0.5, 0.6) is 0 Å². The number of carbonyl (C=O) groups is 2. The molecule has 6 heteroatoms. The summed E-state index contributed by atoms with van der Waals surface area (Å²) in [5.41, 5.74) is 0.907. The molecular weight excluding hydrogens is 336 g/mol. The Morgan fingerprint density at radius 2 is 1.96 bits per heavy atom. The van der Waals surface area contributed by atoms with E-state index in [0.717, 1.165) is 30.4 Å². The predicted molar refractivity (Wildman–Crippen MR) is 91.6 cm³/mol. The third kappa shape index (κ3) is 2.55. The Kier molecular flexibility index (Phi) is 4.08. The van der Waals surface area contributed by atoms with Gasteiger partial charge in [-0.05, 0) is 44.6 Å². The summed E-state index contributed by atoms with van der Waals surface area (Å²) in [6.45, 7) is 9.73. The van der Waals surface area contributed by atoms with E-state index in [1.54, 1.807) is 6.92 Å². The summed E-state index contributed by atoms with van der Waals surface area (Å²) >= 11 is 0. The molecule has 140 valence electrons. The molecule has 0 aromatic rings. The quantitative estimate of drug-likeness (QED) is 0.613. The van der Waals surface area contributed by atoms with Crippen LogP contribution in [0, 0.1) is 17.8 Å². The Morgan fingerprint density at radius 1 is 1.23 bits per heavy atom. The zero-order chi connectivity index (χ0) is 18.6. The molecule has 2 aliphatic heterocycles. The van der Waals surface area contributed by atoms with Gasteiger partial charge in [0.1, 0.15) is 6.10 Å². The van der Waals surface area contributed by atoms with Crippen molar-refractivity contribution in [2.75, 3.05) is 6.61 Å². The molecule has 0 bridgehead atoms. The third-order valence-corrected chi connectivity index (χ3v) is 6.34. The zero-order valence-electron chi connectivity index (χ0n) is 14.9. The van der Waals surface area contributed by atoms with Crippen molar-refractivity contribution in [3.8, 4) is 0 Å². The number of cyclic esters (lactones) is 1. The molecule has 2 saturated carbocycles. The van der Waals surface area contributed by atoms with Gasteiger partial charge in [0, 0.05) is 17.4 Å². The van der Waals surface area contributed by atoms with Crippen LogP contribution in [0.15, 0.2) is 36.0 Å². The summed E-state index contributed by atoms with van der Waals surface area (Å²) in [5, 5.41) is 11.1. The molecule has 2 heterocycles. The van der Waals surface area contributed by atoms with Gasteiger partial charge in [0.15, 0.2) is 5.60 Å². The normalized spacial score (nSPS) is 42.1. The summed E-state index contributed by atoms with van der Waals surface area (Å²) in [7, 11) is 0. The topological polar surface area (TPSA) is 82.1 Å². The second-order valence-corrected chi connectivity index (χ2v) is 7.86. The van der Waals surface area contributed by atoms with Crippen LogP contribution in [-0.2, 0) is 23.8 Å². The molecule has 1 saturated heterocycles. The molecular formula is C20H24O6. The van der Waals surface area contributed by atoms with Gasteiger partial charge in [-0.3, -0.25) is 0 Å². The van der Waals surface area contributed by atoms with Crippen LogP contribution in [0.1, 0.15) is 32.6 Å². The number of esters is 2. The average Bonchev–Trinajstić information content (AvgIpc) is 3.17. The summed E-state index contributed by atoms with van der Waals surface area (Å²) in [6, 6.07) is 0. The maximum absolute atomic E-state index is 12.6. The zero-order valence-corrected chi connectivity index (χ0v) is 14.9. The number of hydrogen-bond donors (Lipinski definition) is 1. The van der Waals surface area contributed by atoms with Gasteiger partial charge in [0.25, 0.3) is 0 Å². The van der Waals surface area contributed by atoms with Crippen molar-refractivity contribution >= 4 is 11.9 Å². The van der Waals surface area contributed by atoms with Crippen LogP contribution >= 0.6 is 0 Å². The van der Waals surface area contributed by atoms with E-state index >= 15 is 0 Å². The van der Waals surface area contributed by atoms with E-state index in [-0.39, 0.29) is 18.4 Å². The maximum atomic E-state index is 12.6. The van der Waals surface area contributed by atoms with E-state index in [2.05, 4.69) is 13.2 Å². The SMILES string of the molecule is C=C1CC[C@H]2C(=C)CC[C@@H]3[C@H](OC(=O)[C@]3(O)CO[C@H]3C=C(C)C(=O)O3)[C@@H]12. The fraction of sp³-hybridized carbons (Fsp3) is 0.600. The van der Waals surface area contributed by atoms with Crippen molar-refractivity contribution < 1.29 is 28.9 Å². The fourth-order valence-electron chi connectivity index (χ4n) is 4.84. The maximum Gasteiger partial charge on any atom is 0.341 e. The van der Waals surface area contributed by atoms with Crippen LogP contribution in [0.25, 0.3) is 0 Å². The summed E-state index contributed by atoms with van der Waals surface area (Å²) in [6.07, 6.45) is 3.47. The third-order valence-electron chi connectivity index (χ3n) is 6.34. The molecule has 0 unspecified atom stereocenters. The lowest BCUT2D eigenvalue weighted by Gasteiger charge is -2.29. The van der Waals surface area contributed by atoms with Gasteiger partial charge in [0.05, 0.1) is 6.61 Å². The van der Waals surface area contributed by atoms with E-state index < -0.39 is 35.9 Å². The van der Waals surface area contributed by atoms with Gasteiger partial charge in [0.2, 0.25) is 6.29 Å². The lowest BCUT2D eigenvalue weighted by atomic mass is 9.78. The molecule has 6 nitrogen and oxygen atoms in total. The van der Waals surface area contributed by atoms with Crippen molar-refractivity contribution in [3.63, 3.8) is 0 Å². The minimum absolute atomic E-state index is 0.0134. The number of fused-ring (bicyclic) bond motifs is 3. The number of rotatable bonds is 3. The largest absolute Gasteiger partial charge is 0.459 e. The Morgan fingerprint density at radius 3 is 2.65 bits per heavy atom. The molecule has 26 heavy (non-hydrogen) atoms. The minimum Gasteiger partial charge on any atom is -0.459 e. The Bertz CT molecular complexity index is 722. The van der Waals surface area contributed by atoms with E-state index in [1.165, 1.54) is 6.08 Å². The molecule has 0 radical (unpaired) electrons. The van der Waals surface area contributed by atoms with Crippen LogP contribution in [0.4, 0.5) is 0 Å². The molecule has 3 fully saturated rings. The predicted octanol–water partition coefficient (Wildman–Crippen LogP) is 2.04. The van der Waals surface area contributed by atoms with Crippen LogP contribution in [0.3, 0.4) is 0 Å². The van der Waals surface area contributed by atoms with Gasteiger partial charge in [-0.25, -0.2) is 9.59 Å². The van der Waals surface area contributed by atoms with Crippen molar-refractivity contribution in [2.45, 2.75) is 50.6 Å². The smallest absolute Gasteiger partial charge is 0.341 e. The van der Waals surface area contributed by atoms with Crippen molar-refractivity contribution in [1.82, 2.24) is 0 Å². The highest BCUT2D eigenvalue weighted by molar-refractivity contribution is 5.90. The highest BCUT2D eigenvalue weighted by Crippen LogP contribution is 2.53. The van der Waals surface area contributed by atoms with Crippen LogP contribution in [-0.4, -0.2) is 41.6 Å². The minimum atomic E-state index is -1.75. The summed E-state index contributed by atoms with van der Waals surface area (Å²) in [5.74, 6) is -1.23. The lowest BCUT2D eigenvalue weighted by molar-refractivity contribution is -0.180. The van der Waals surface area contributed by atoms with Crippen molar-refractivity contribution in [2.24, 2.45) is 17.8 Å². The van der Waals surface area contributed by atoms with Crippen LogP contribution in [0.2, 0.25) is 0 Å². The standard InChI is InChI=1S/C20H24O6/c1-10-5-7-14-17(16-11(2)4-6-13(10)16)26-19(22)20(14,23)9-24-15-8-12(3)18(21)25-15/h8,13-17,23H,1-2,4-7,9H2,3H3/t13-,14+,15+,16-,17-,20-/m0/s1. The first-order valence-corrected chi connectivity index (χ1v) is 9.11. The van der Waals surface area contributed by atoms with Gasteiger partial charge >= 0.3 is 11.9 Å². The first-order valence-electron chi connectivity index (χ1n) is 9.11. The Balaban J connectivity index is 1.55. The highest BCUT2D eigenvalue weighted by atomic mass is 16.7. The average molecular weight is 360 g/mol. The molecule has 0 amide bonds. The van der Waals surface area contributed by atoms with E-state index in [4.69, 9.17) is 14.2 Å². The second kappa shape index (κ2) is 6.06. The lowest BCUT2D eigenvalue weighted by Crippen LogP contribution is -2.47. The molecule has 6 atom stereocenters. The monoisotopic (exact) mass is 360 g/mol. The van der Waals surface area contributed by atoms with Gasteiger partial charge in [-0.15, -0.1) is 0 Å². The van der Waals surface area contributed by atoms with E-state index in [0.29, 0.717) is 12.0 Å². The number of carbonyl (C=O) groups excluding carboxylic acids is 2. The number of aliphatic hydroxyl groups is 1. The number of hydrogen-bond acceptors (Lipinski definition) is 6. The van der Waals surface area contributed by atoms with Crippen LogP contribution < -0.4 is 0 Å². The van der Waals surface area contributed by atoms with Crippen molar-refractivity contribution in [3.05, 3.63) is 36.0 Å². The molecule has 0 spiro atoms. The van der Waals surface area contributed by atoms with Gasteiger partial charge < -0.3 is 19.3 Å². The first-order chi connectivity index (χ1) is 12.3.